The molecule has 1 aromatic rings. The number of benzene rings is 1. The molecule has 130 valence electrons. The SMILES string of the molecule is CC(C)(C)[Si](C)(C)O[C@H]1CCCCC1Nc1cc(F)cc(Br)c1. The van der Waals surface area contributed by atoms with Crippen LogP contribution < -0.4 is 5.32 Å². The van der Waals surface area contributed by atoms with E-state index in [2.05, 4.69) is 55.1 Å². The molecule has 0 saturated heterocycles. The Morgan fingerprint density at radius 2 is 1.83 bits per heavy atom. The maximum Gasteiger partial charge on any atom is 0.192 e. The van der Waals surface area contributed by atoms with Crippen molar-refractivity contribution in [3.05, 3.63) is 28.5 Å². The Morgan fingerprint density at radius 3 is 2.43 bits per heavy atom. The van der Waals surface area contributed by atoms with Gasteiger partial charge in [0.05, 0.1) is 12.1 Å². The molecule has 0 spiro atoms. The van der Waals surface area contributed by atoms with E-state index in [0.29, 0.717) is 0 Å². The molecule has 1 aliphatic carbocycles. The van der Waals surface area contributed by atoms with Crippen LogP contribution in [0, 0.1) is 5.82 Å². The minimum atomic E-state index is -1.80. The van der Waals surface area contributed by atoms with Crippen molar-refractivity contribution in [3.8, 4) is 0 Å². The summed E-state index contributed by atoms with van der Waals surface area (Å²) < 4.78 is 21.0. The zero-order valence-corrected chi connectivity index (χ0v) is 17.5. The minimum absolute atomic E-state index is 0.205. The van der Waals surface area contributed by atoms with Crippen molar-refractivity contribution in [2.75, 3.05) is 5.32 Å². The normalized spacial score (nSPS) is 22.9. The predicted molar refractivity (Wildman–Crippen MR) is 102 cm³/mol. The van der Waals surface area contributed by atoms with Crippen molar-refractivity contribution >= 4 is 29.9 Å². The second-order valence-corrected chi connectivity index (χ2v) is 13.8. The molecular formula is C18H29BrFNOSi. The average Bonchev–Trinajstić information content (AvgIpc) is 2.38. The molecule has 0 aromatic heterocycles. The number of halogens is 2. The second-order valence-electron chi connectivity index (χ2n) is 8.11. The molecule has 0 bridgehead atoms. The first-order valence-electron chi connectivity index (χ1n) is 8.49. The lowest BCUT2D eigenvalue weighted by molar-refractivity contribution is 0.124. The maximum atomic E-state index is 13.6. The number of rotatable bonds is 4. The number of anilines is 1. The fourth-order valence-electron chi connectivity index (χ4n) is 2.81. The Bertz CT molecular complexity index is 524. The van der Waals surface area contributed by atoms with Crippen molar-refractivity contribution < 1.29 is 8.82 Å². The maximum absolute atomic E-state index is 13.6. The molecule has 0 heterocycles. The molecule has 0 amide bonds. The minimum Gasteiger partial charge on any atom is -0.412 e. The molecule has 1 saturated carbocycles. The third-order valence-electron chi connectivity index (χ3n) is 5.17. The topological polar surface area (TPSA) is 21.3 Å². The van der Waals surface area contributed by atoms with Gasteiger partial charge >= 0.3 is 0 Å². The van der Waals surface area contributed by atoms with Gasteiger partial charge in [-0.05, 0) is 49.2 Å². The van der Waals surface area contributed by atoms with Crippen LogP contribution in [0.5, 0.6) is 0 Å². The lowest BCUT2D eigenvalue weighted by atomic mass is 9.92. The van der Waals surface area contributed by atoms with Crippen LogP contribution in [0.2, 0.25) is 18.1 Å². The second kappa shape index (κ2) is 7.24. The Labute approximate surface area is 149 Å². The lowest BCUT2D eigenvalue weighted by Crippen LogP contribution is -2.49. The lowest BCUT2D eigenvalue weighted by Gasteiger charge is -2.43. The summed E-state index contributed by atoms with van der Waals surface area (Å²) in [5.74, 6) is -0.223. The van der Waals surface area contributed by atoms with Crippen LogP contribution in [0.25, 0.3) is 0 Å². The molecule has 5 heteroatoms. The molecule has 1 aromatic carbocycles. The van der Waals surface area contributed by atoms with Crippen LogP contribution in [-0.4, -0.2) is 20.5 Å². The zero-order valence-electron chi connectivity index (χ0n) is 14.9. The van der Waals surface area contributed by atoms with Gasteiger partial charge in [0.25, 0.3) is 0 Å². The van der Waals surface area contributed by atoms with Gasteiger partial charge in [-0.25, -0.2) is 4.39 Å². The first-order valence-corrected chi connectivity index (χ1v) is 12.2. The van der Waals surface area contributed by atoms with Crippen molar-refractivity contribution in [2.24, 2.45) is 0 Å². The molecule has 1 N–H and O–H groups in total. The summed E-state index contributed by atoms with van der Waals surface area (Å²) >= 11 is 3.36. The largest absolute Gasteiger partial charge is 0.412 e. The van der Waals surface area contributed by atoms with E-state index >= 15 is 0 Å². The van der Waals surface area contributed by atoms with Gasteiger partial charge in [-0.2, -0.15) is 0 Å². The molecule has 1 fully saturated rings. The van der Waals surface area contributed by atoms with Crippen LogP contribution in [0.3, 0.4) is 0 Å². The van der Waals surface area contributed by atoms with E-state index in [4.69, 9.17) is 4.43 Å². The third kappa shape index (κ3) is 5.04. The van der Waals surface area contributed by atoms with Gasteiger partial charge in [-0.1, -0.05) is 49.5 Å². The van der Waals surface area contributed by atoms with Crippen molar-refractivity contribution in [1.29, 1.82) is 0 Å². The van der Waals surface area contributed by atoms with Crippen LogP contribution in [0.1, 0.15) is 46.5 Å². The van der Waals surface area contributed by atoms with Gasteiger partial charge < -0.3 is 9.74 Å². The molecule has 23 heavy (non-hydrogen) atoms. The Balaban J connectivity index is 2.12. The highest BCUT2D eigenvalue weighted by atomic mass is 79.9. The smallest absolute Gasteiger partial charge is 0.192 e. The highest BCUT2D eigenvalue weighted by molar-refractivity contribution is 9.10. The van der Waals surface area contributed by atoms with E-state index in [0.717, 1.165) is 23.0 Å². The average molecular weight is 402 g/mol. The molecule has 0 aliphatic heterocycles. The van der Waals surface area contributed by atoms with E-state index in [1.165, 1.54) is 18.9 Å². The summed E-state index contributed by atoms with van der Waals surface area (Å²) in [6.07, 6.45) is 4.79. The van der Waals surface area contributed by atoms with E-state index in [1.807, 2.05) is 6.07 Å². The standard InChI is InChI=1S/C18H29BrFNOSi/c1-18(2,3)23(4,5)22-17-9-7-6-8-16(17)21-15-11-13(19)10-14(20)12-15/h10-12,16-17,21H,6-9H2,1-5H3/t16?,17-/m0/s1. The molecule has 0 radical (unpaired) electrons. The van der Waals surface area contributed by atoms with Gasteiger partial charge in [-0.15, -0.1) is 0 Å². The number of hydrogen-bond donors (Lipinski definition) is 1. The van der Waals surface area contributed by atoms with Crippen LogP contribution in [0.15, 0.2) is 22.7 Å². The monoisotopic (exact) mass is 401 g/mol. The molecule has 1 unspecified atom stereocenters. The Hall–Kier alpha value is -0.393. The summed E-state index contributed by atoms with van der Waals surface area (Å²) in [5.41, 5.74) is 0.826. The van der Waals surface area contributed by atoms with Crippen LogP contribution >= 0.6 is 15.9 Å². The fourth-order valence-corrected chi connectivity index (χ4v) is 4.67. The molecule has 2 rings (SSSR count). The van der Waals surface area contributed by atoms with Crippen molar-refractivity contribution in [3.63, 3.8) is 0 Å². The molecule has 2 atom stereocenters. The fraction of sp³-hybridized carbons (Fsp3) is 0.667. The predicted octanol–water partition coefficient (Wildman–Crippen LogP) is 6.33. The first kappa shape index (κ1) is 18.9. The first-order chi connectivity index (χ1) is 10.6. The summed E-state index contributed by atoms with van der Waals surface area (Å²) in [4.78, 5) is 0. The highest BCUT2D eigenvalue weighted by Gasteiger charge is 2.41. The summed E-state index contributed by atoms with van der Waals surface area (Å²) in [6, 6.07) is 5.23. The van der Waals surface area contributed by atoms with Crippen LogP contribution in [0.4, 0.5) is 10.1 Å². The summed E-state index contributed by atoms with van der Waals surface area (Å²) in [6.45, 7) is 11.4. The van der Waals surface area contributed by atoms with Gasteiger partial charge in [0.1, 0.15) is 5.82 Å². The number of nitrogens with one attached hydrogen (secondary N) is 1. The van der Waals surface area contributed by atoms with Gasteiger partial charge in [0.2, 0.25) is 0 Å². The zero-order chi connectivity index (χ0) is 17.3. The van der Waals surface area contributed by atoms with Crippen molar-refractivity contribution in [1.82, 2.24) is 0 Å². The summed E-state index contributed by atoms with van der Waals surface area (Å²) in [7, 11) is -1.80. The molecular weight excluding hydrogens is 373 g/mol. The quantitative estimate of drug-likeness (QED) is 0.594. The van der Waals surface area contributed by atoms with Crippen molar-refractivity contribution in [2.45, 2.75) is 76.7 Å². The van der Waals surface area contributed by atoms with E-state index in [-0.39, 0.29) is 23.0 Å². The van der Waals surface area contributed by atoms with Gasteiger partial charge in [-0.3, -0.25) is 0 Å². The third-order valence-corrected chi connectivity index (χ3v) is 10.1. The Morgan fingerprint density at radius 1 is 1.17 bits per heavy atom. The number of hydrogen-bond acceptors (Lipinski definition) is 2. The van der Waals surface area contributed by atoms with Crippen LogP contribution in [-0.2, 0) is 4.43 Å². The van der Waals surface area contributed by atoms with Gasteiger partial charge in [0, 0.05) is 10.2 Å². The summed E-state index contributed by atoms with van der Waals surface area (Å²) in [5, 5.41) is 3.72. The molecule has 2 nitrogen and oxygen atoms in total. The van der Waals surface area contributed by atoms with E-state index in [9.17, 15) is 4.39 Å². The Kier molecular flexibility index (Phi) is 5.96. The van der Waals surface area contributed by atoms with E-state index in [1.54, 1.807) is 6.07 Å². The van der Waals surface area contributed by atoms with E-state index < -0.39 is 8.32 Å². The molecule has 1 aliphatic rings. The van der Waals surface area contributed by atoms with Gasteiger partial charge in [0.15, 0.2) is 8.32 Å². The highest BCUT2D eigenvalue weighted by Crippen LogP contribution is 2.39.